The van der Waals surface area contributed by atoms with E-state index in [2.05, 4.69) is 5.32 Å². The Balaban J connectivity index is 1.85. The number of sulfonamides is 1. The number of rotatable bonds is 15. The molecule has 47 heavy (non-hydrogen) atoms. The summed E-state index contributed by atoms with van der Waals surface area (Å²) in [5.41, 5.74) is 3.36. The Kier molecular flexibility index (Phi) is 12.9. The molecule has 1 N–H and O–H groups in total. The van der Waals surface area contributed by atoms with Gasteiger partial charge in [0, 0.05) is 35.1 Å². The topological polar surface area (TPSA) is 86.8 Å². The van der Waals surface area contributed by atoms with Gasteiger partial charge >= 0.3 is 0 Å². The molecule has 0 heterocycles. The van der Waals surface area contributed by atoms with E-state index in [9.17, 15) is 18.0 Å². The minimum Gasteiger partial charge on any atom is -0.354 e. The molecule has 7 nitrogen and oxygen atoms in total. The molecule has 0 aliphatic heterocycles. The van der Waals surface area contributed by atoms with Crippen molar-refractivity contribution in [3.05, 3.63) is 129 Å². The van der Waals surface area contributed by atoms with Crippen LogP contribution >= 0.6 is 23.2 Å². The SMILES string of the molecule is CCCCNC(=O)[C@@H](Cc1ccccc1)N(Cc1c(Cl)cccc1Cl)C(=O)CN(c1ccccc1CC)S(=O)(=O)c1ccc(C)cc1. The Bertz CT molecular complexity index is 1750. The fraction of sp³-hybridized carbons (Fsp3) is 0.297. The van der Waals surface area contributed by atoms with Crippen molar-refractivity contribution >= 4 is 50.7 Å². The minimum atomic E-state index is -4.21. The summed E-state index contributed by atoms with van der Waals surface area (Å²) in [7, 11) is -4.21. The van der Waals surface area contributed by atoms with Crippen LogP contribution in [0.4, 0.5) is 5.69 Å². The molecule has 0 aliphatic rings. The van der Waals surface area contributed by atoms with Gasteiger partial charge in [-0.15, -0.1) is 0 Å². The number of carbonyl (C=O) groups excluding carboxylic acids is 2. The largest absolute Gasteiger partial charge is 0.354 e. The Morgan fingerprint density at radius 3 is 2.11 bits per heavy atom. The van der Waals surface area contributed by atoms with E-state index in [1.807, 2.05) is 63.2 Å². The maximum absolute atomic E-state index is 14.7. The van der Waals surface area contributed by atoms with Gasteiger partial charge in [-0.2, -0.15) is 0 Å². The first-order chi connectivity index (χ1) is 22.6. The minimum absolute atomic E-state index is 0.0562. The monoisotopic (exact) mass is 693 g/mol. The normalized spacial score (nSPS) is 11.9. The van der Waals surface area contributed by atoms with E-state index >= 15 is 0 Å². The number of benzene rings is 4. The summed E-state index contributed by atoms with van der Waals surface area (Å²) < 4.78 is 29.8. The highest BCUT2D eigenvalue weighted by molar-refractivity contribution is 7.92. The number of nitrogens with one attached hydrogen (secondary N) is 1. The van der Waals surface area contributed by atoms with Gasteiger partial charge in [-0.25, -0.2) is 8.42 Å². The molecule has 0 fully saturated rings. The number of aryl methyl sites for hydroxylation is 2. The van der Waals surface area contributed by atoms with Gasteiger partial charge in [0.15, 0.2) is 0 Å². The van der Waals surface area contributed by atoms with Crippen molar-refractivity contribution in [3.63, 3.8) is 0 Å². The number of carbonyl (C=O) groups is 2. The third-order valence-corrected chi connectivity index (χ3v) is 10.5. The van der Waals surface area contributed by atoms with Crippen molar-refractivity contribution in [3.8, 4) is 0 Å². The molecule has 2 amide bonds. The number of nitrogens with zero attached hydrogens (tertiary/aromatic N) is 2. The molecule has 0 unspecified atom stereocenters. The van der Waals surface area contributed by atoms with Crippen LogP contribution in [0.15, 0.2) is 102 Å². The first kappa shape index (κ1) is 36.0. The van der Waals surface area contributed by atoms with E-state index < -0.39 is 28.5 Å². The molecule has 0 saturated heterocycles. The van der Waals surface area contributed by atoms with E-state index in [4.69, 9.17) is 23.2 Å². The van der Waals surface area contributed by atoms with E-state index in [0.717, 1.165) is 33.8 Å². The van der Waals surface area contributed by atoms with Gasteiger partial charge in [0.25, 0.3) is 10.0 Å². The second-order valence-electron chi connectivity index (χ2n) is 11.4. The highest BCUT2D eigenvalue weighted by atomic mass is 35.5. The van der Waals surface area contributed by atoms with Crippen molar-refractivity contribution in [2.45, 2.75) is 63.9 Å². The van der Waals surface area contributed by atoms with Gasteiger partial charge in [-0.3, -0.25) is 13.9 Å². The molecule has 0 bridgehead atoms. The van der Waals surface area contributed by atoms with Crippen LogP contribution in [-0.4, -0.2) is 44.3 Å². The van der Waals surface area contributed by atoms with Crippen LogP contribution in [-0.2, 0) is 39.0 Å². The standard InChI is InChI=1S/C37H41Cl2N3O4S/c1-4-6-23-40-37(44)35(24-28-13-8-7-9-14-28)41(25-31-32(38)16-12-17-33(31)39)36(43)26-42(34-18-11-10-15-29(34)5-2)47(45,46)30-21-19-27(3)20-22-30/h7-22,35H,4-6,23-26H2,1-3H3,(H,40,44)/t35-/m1/s1. The highest BCUT2D eigenvalue weighted by Gasteiger charge is 2.35. The van der Waals surface area contributed by atoms with Gasteiger partial charge in [-0.1, -0.05) is 116 Å². The lowest BCUT2D eigenvalue weighted by Crippen LogP contribution is -2.53. The van der Waals surface area contributed by atoms with Crippen LogP contribution < -0.4 is 9.62 Å². The zero-order valence-electron chi connectivity index (χ0n) is 27.0. The summed E-state index contributed by atoms with van der Waals surface area (Å²) in [6, 6.07) is 27.1. The van der Waals surface area contributed by atoms with Crippen molar-refractivity contribution in [1.29, 1.82) is 0 Å². The lowest BCUT2D eigenvalue weighted by Gasteiger charge is -2.34. The Morgan fingerprint density at radius 1 is 0.830 bits per heavy atom. The molecule has 248 valence electrons. The van der Waals surface area contributed by atoms with E-state index in [1.165, 1.54) is 17.0 Å². The van der Waals surface area contributed by atoms with E-state index in [0.29, 0.717) is 34.3 Å². The van der Waals surface area contributed by atoms with Gasteiger partial charge in [0.1, 0.15) is 12.6 Å². The molecule has 1 atom stereocenters. The van der Waals surface area contributed by atoms with Crippen LogP contribution in [0.2, 0.25) is 10.0 Å². The zero-order chi connectivity index (χ0) is 34.0. The third-order valence-electron chi connectivity index (χ3n) is 8.02. The fourth-order valence-electron chi connectivity index (χ4n) is 5.32. The molecule has 4 aromatic carbocycles. The third kappa shape index (κ3) is 9.15. The molecular formula is C37H41Cl2N3O4S. The molecule has 0 aromatic heterocycles. The van der Waals surface area contributed by atoms with Gasteiger partial charge in [0.05, 0.1) is 10.6 Å². The fourth-order valence-corrected chi connectivity index (χ4v) is 7.29. The Labute approximate surface area is 288 Å². The summed E-state index contributed by atoms with van der Waals surface area (Å²) in [6.45, 7) is 5.61. The lowest BCUT2D eigenvalue weighted by molar-refractivity contribution is -0.140. The molecule has 0 aliphatic carbocycles. The van der Waals surface area contributed by atoms with Crippen molar-refractivity contribution in [1.82, 2.24) is 10.2 Å². The van der Waals surface area contributed by atoms with Crippen molar-refractivity contribution in [2.75, 3.05) is 17.4 Å². The van der Waals surface area contributed by atoms with Gasteiger partial charge in [0.2, 0.25) is 11.8 Å². The van der Waals surface area contributed by atoms with E-state index in [-0.39, 0.29) is 23.8 Å². The average Bonchev–Trinajstić information content (AvgIpc) is 3.07. The lowest BCUT2D eigenvalue weighted by atomic mass is 10.0. The van der Waals surface area contributed by atoms with Crippen LogP contribution in [0.25, 0.3) is 0 Å². The summed E-state index contributed by atoms with van der Waals surface area (Å²) in [4.78, 5) is 30.1. The Morgan fingerprint density at radius 2 is 1.47 bits per heavy atom. The van der Waals surface area contributed by atoms with Crippen molar-refractivity contribution < 1.29 is 18.0 Å². The number of amides is 2. The predicted molar refractivity (Wildman–Crippen MR) is 190 cm³/mol. The molecule has 10 heteroatoms. The van der Waals surface area contributed by atoms with Crippen LogP contribution in [0.5, 0.6) is 0 Å². The molecule has 4 rings (SSSR count). The van der Waals surface area contributed by atoms with Crippen LogP contribution in [0, 0.1) is 6.92 Å². The number of anilines is 1. The second kappa shape index (κ2) is 16.8. The number of halogens is 2. The molecule has 4 aromatic rings. The summed E-state index contributed by atoms with van der Waals surface area (Å²) in [5, 5.41) is 3.66. The molecule has 0 radical (unpaired) electrons. The zero-order valence-corrected chi connectivity index (χ0v) is 29.3. The van der Waals surface area contributed by atoms with Crippen molar-refractivity contribution in [2.24, 2.45) is 0 Å². The molecule has 0 saturated carbocycles. The maximum atomic E-state index is 14.7. The predicted octanol–water partition coefficient (Wildman–Crippen LogP) is 7.62. The van der Waals surface area contributed by atoms with E-state index in [1.54, 1.807) is 42.5 Å². The quantitative estimate of drug-likeness (QED) is 0.130. The maximum Gasteiger partial charge on any atom is 0.264 e. The molecular weight excluding hydrogens is 653 g/mol. The number of unbranched alkanes of at least 4 members (excludes halogenated alkanes) is 1. The van der Waals surface area contributed by atoms with Crippen LogP contribution in [0.1, 0.15) is 48.9 Å². The number of hydrogen-bond acceptors (Lipinski definition) is 4. The molecule has 0 spiro atoms. The first-order valence-electron chi connectivity index (χ1n) is 15.8. The number of hydrogen-bond donors (Lipinski definition) is 1. The summed E-state index contributed by atoms with van der Waals surface area (Å²) >= 11 is 13.2. The highest BCUT2D eigenvalue weighted by Crippen LogP contribution is 2.30. The Hall–Kier alpha value is -3.85. The smallest absolute Gasteiger partial charge is 0.264 e. The number of para-hydroxylation sites is 1. The van der Waals surface area contributed by atoms with Gasteiger partial charge < -0.3 is 10.2 Å². The average molecular weight is 695 g/mol. The first-order valence-corrected chi connectivity index (χ1v) is 18.0. The van der Waals surface area contributed by atoms with Gasteiger partial charge in [-0.05, 0) is 61.2 Å². The second-order valence-corrected chi connectivity index (χ2v) is 14.1. The summed E-state index contributed by atoms with van der Waals surface area (Å²) in [6.07, 6.45) is 2.39. The summed E-state index contributed by atoms with van der Waals surface area (Å²) in [5.74, 6) is -0.921. The van der Waals surface area contributed by atoms with Crippen LogP contribution in [0.3, 0.4) is 0 Å².